The van der Waals surface area contributed by atoms with Crippen LogP contribution in [-0.2, 0) is 4.79 Å². The lowest BCUT2D eigenvalue weighted by Gasteiger charge is -2.12. The third-order valence-corrected chi connectivity index (χ3v) is 3.12. The molecule has 1 N–H and O–H groups in total. The maximum Gasteiger partial charge on any atom is 0.244 e. The number of carbonyl (C=O) groups excluding carboxylic acids is 1. The van der Waals surface area contributed by atoms with E-state index in [9.17, 15) is 4.79 Å². The summed E-state index contributed by atoms with van der Waals surface area (Å²) in [6.07, 6.45) is 6.67. The van der Waals surface area contributed by atoms with Crippen LogP contribution in [0.4, 0.5) is 0 Å². The van der Waals surface area contributed by atoms with Gasteiger partial charge in [0.2, 0.25) is 5.91 Å². The van der Waals surface area contributed by atoms with E-state index < -0.39 is 0 Å². The maximum absolute atomic E-state index is 11.9. The van der Waals surface area contributed by atoms with Gasteiger partial charge in [-0.3, -0.25) is 9.78 Å². The fourth-order valence-corrected chi connectivity index (χ4v) is 1.97. The SMILES string of the molecule is COc1ccccc1C=CC(=O)NC(C)c1ccncc1. The summed E-state index contributed by atoms with van der Waals surface area (Å²) in [5, 5.41) is 2.91. The molecule has 0 aliphatic rings. The minimum atomic E-state index is -0.148. The lowest BCUT2D eigenvalue weighted by molar-refractivity contribution is -0.117. The van der Waals surface area contributed by atoms with Gasteiger partial charge >= 0.3 is 0 Å². The van der Waals surface area contributed by atoms with Gasteiger partial charge in [-0.2, -0.15) is 0 Å². The number of amides is 1. The molecule has 0 radical (unpaired) electrons. The van der Waals surface area contributed by atoms with E-state index in [4.69, 9.17) is 4.74 Å². The molecule has 1 aromatic carbocycles. The highest BCUT2D eigenvalue weighted by Gasteiger charge is 2.07. The second-order valence-corrected chi connectivity index (χ2v) is 4.59. The van der Waals surface area contributed by atoms with Crippen molar-refractivity contribution in [3.8, 4) is 5.75 Å². The Bertz CT molecular complexity index is 624. The number of nitrogens with zero attached hydrogens (tertiary/aromatic N) is 1. The zero-order valence-electron chi connectivity index (χ0n) is 12.1. The summed E-state index contributed by atoms with van der Waals surface area (Å²) >= 11 is 0. The van der Waals surface area contributed by atoms with Crippen molar-refractivity contribution < 1.29 is 9.53 Å². The van der Waals surface area contributed by atoms with Crippen LogP contribution in [0.1, 0.15) is 24.1 Å². The average Bonchev–Trinajstić information content (AvgIpc) is 2.54. The fraction of sp³-hybridized carbons (Fsp3) is 0.176. The van der Waals surface area contributed by atoms with E-state index in [0.717, 1.165) is 16.9 Å². The standard InChI is InChI=1S/C17H18N2O2/c1-13(14-9-11-18-12-10-14)19-17(20)8-7-15-5-3-4-6-16(15)21-2/h3-13H,1-2H3,(H,19,20). The van der Waals surface area contributed by atoms with Crippen molar-refractivity contribution in [3.05, 3.63) is 66.0 Å². The largest absolute Gasteiger partial charge is 0.496 e. The van der Waals surface area contributed by atoms with Crippen LogP contribution in [0.3, 0.4) is 0 Å². The van der Waals surface area contributed by atoms with Gasteiger partial charge < -0.3 is 10.1 Å². The third-order valence-electron chi connectivity index (χ3n) is 3.12. The molecule has 4 nitrogen and oxygen atoms in total. The van der Waals surface area contributed by atoms with Gasteiger partial charge in [-0.15, -0.1) is 0 Å². The summed E-state index contributed by atoms with van der Waals surface area (Å²) in [5.41, 5.74) is 1.88. The maximum atomic E-state index is 11.9. The van der Waals surface area contributed by atoms with E-state index in [1.165, 1.54) is 6.08 Å². The number of hydrogen-bond donors (Lipinski definition) is 1. The highest BCUT2D eigenvalue weighted by Crippen LogP contribution is 2.18. The number of benzene rings is 1. The van der Waals surface area contributed by atoms with E-state index in [0.29, 0.717) is 0 Å². The van der Waals surface area contributed by atoms with Crippen LogP contribution >= 0.6 is 0 Å². The molecule has 4 heteroatoms. The molecule has 1 unspecified atom stereocenters. The first kappa shape index (κ1) is 14.8. The molecule has 21 heavy (non-hydrogen) atoms. The van der Waals surface area contributed by atoms with Crippen molar-refractivity contribution in [3.63, 3.8) is 0 Å². The Kier molecular flexibility index (Phi) is 5.10. The molecule has 1 heterocycles. The number of pyridine rings is 1. The highest BCUT2D eigenvalue weighted by molar-refractivity contribution is 5.92. The van der Waals surface area contributed by atoms with Crippen LogP contribution in [0.5, 0.6) is 5.75 Å². The summed E-state index contributed by atoms with van der Waals surface area (Å²) in [5.74, 6) is 0.592. The predicted octanol–water partition coefficient (Wildman–Crippen LogP) is 2.98. The second kappa shape index (κ2) is 7.24. The van der Waals surface area contributed by atoms with Crippen LogP contribution in [0, 0.1) is 0 Å². The normalized spacial score (nSPS) is 12.1. The number of nitrogens with one attached hydrogen (secondary N) is 1. The number of rotatable bonds is 5. The minimum absolute atomic E-state index is 0.0668. The van der Waals surface area contributed by atoms with E-state index in [-0.39, 0.29) is 11.9 Å². The van der Waals surface area contributed by atoms with Crippen molar-refractivity contribution in [2.75, 3.05) is 7.11 Å². The number of aromatic nitrogens is 1. The third kappa shape index (κ3) is 4.18. The molecule has 1 amide bonds. The monoisotopic (exact) mass is 282 g/mol. The number of ether oxygens (including phenoxy) is 1. The van der Waals surface area contributed by atoms with Crippen LogP contribution in [0.15, 0.2) is 54.9 Å². The fourth-order valence-electron chi connectivity index (χ4n) is 1.97. The van der Waals surface area contributed by atoms with Crippen molar-refractivity contribution in [2.24, 2.45) is 0 Å². The Morgan fingerprint density at radius 1 is 1.24 bits per heavy atom. The van der Waals surface area contributed by atoms with E-state index in [1.54, 1.807) is 25.6 Å². The second-order valence-electron chi connectivity index (χ2n) is 4.59. The van der Waals surface area contributed by atoms with Gasteiger partial charge in [0, 0.05) is 24.0 Å². The zero-order valence-corrected chi connectivity index (χ0v) is 12.1. The molecule has 108 valence electrons. The summed E-state index contributed by atoms with van der Waals surface area (Å²) in [7, 11) is 1.61. The molecular formula is C17H18N2O2. The van der Waals surface area contributed by atoms with E-state index in [2.05, 4.69) is 10.3 Å². The van der Waals surface area contributed by atoms with Crippen LogP contribution in [-0.4, -0.2) is 18.0 Å². The number of carbonyl (C=O) groups is 1. The minimum Gasteiger partial charge on any atom is -0.496 e. The Balaban J connectivity index is 2.00. The molecule has 0 bridgehead atoms. The topological polar surface area (TPSA) is 51.2 Å². The lowest BCUT2D eigenvalue weighted by atomic mass is 10.1. The summed E-state index contributed by atoms with van der Waals surface area (Å²) in [4.78, 5) is 15.9. The Morgan fingerprint density at radius 2 is 1.95 bits per heavy atom. The molecule has 0 saturated carbocycles. The molecule has 2 aromatic rings. The van der Waals surface area contributed by atoms with Gasteiger partial charge in [0.05, 0.1) is 13.2 Å². The molecule has 0 aliphatic heterocycles. The average molecular weight is 282 g/mol. The molecule has 1 aromatic heterocycles. The van der Waals surface area contributed by atoms with Gasteiger partial charge in [-0.25, -0.2) is 0 Å². The summed E-state index contributed by atoms with van der Waals surface area (Å²) in [6, 6.07) is 11.2. The predicted molar refractivity (Wildman–Crippen MR) is 82.8 cm³/mol. The quantitative estimate of drug-likeness (QED) is 0.858. The Morgan fingerprint density at radius 3 is 2.67 bits per heavy atom. The van der Waals surface area contributed by atoms with E-state index >= 15 is 0 Å². The lowest BCUT2D eigenvalue weighted by Crippen LogP contribution is -2.24. The molecule has 0 saturated heterocycles. The zero-order chi connectivity index (χ0) is 15.1. The Labute approximate surface area is 124 Å². The van der Waals surface area contributed by atoms with Gasteiger partial charge in [0.25, 0.3) is 0 Å². The van der Waals surface area contributed by atoms with Gasteiger partial charge in [0.15, 0.2) is 0 Å². The van der Waals surface area contributed by atoms with Crippen LogP contribution in [0.2, 0.25) is 0 Å². The van der Waals surface area contributed by atoms with Crippen molar-refractivity contribution in [1.29, 1.82) is 0 Å². The molecular weight excluding hydrogens is 264 g/mol. The number of hydrogen-bond acceptors (Lipinski definition) is 3. The first-order chi connectivity index (χ1) is 10.2. The molecule has 1 atom stereocenters. The number of methoxy groups -OCH3 is 1. The van der Waals surface area contributed by atoms with Gasteiger partial charge in [0.1, 0.15) is 5.75 Å². The Hall–Kier alpha value is -2.62. The smallest absolute Gasteiger partial charge is 0.244 e. The molecule has 0 fully saturated rings. The van der Waals surface area contributed by atoms with Gasteiger partial charge in [-0.1, -0.05) is 18.2 Å². The summed E-state index contributed by atoms with van der Waals surface area (Å²) in [6.45, 7) is 1.93. The first-order valence-corrected chi connectivity index (χ1v) is 6.72. The van der Waals surface area contributed by atoms with Gasteiger partial charge in [-0.05, 0) is 36.8 Å². The molecule has 2 rings (SSSR count). The number of para-hydroxylation sites is 1. The van der Waals surface area contributed by atoms with E-state index in [1.807, 2.05) is 43.3 Å². The first-order valence-electron chi connectivity index (χ1n) is 6.72. The van der Waals surface area contributed by atoms with Crippen LogP contribution < -0.4 is 10.1 Å². The molecule has 0 spiro atoms. The molecule has 0 aliphatic carbocycles. The highest BCUT2D eigenvalue weighted by atomic mass is 16.5. The van der Waals surface area contributed by atoms with Crippen molar-refractivity contribution in [2.45, 2.75) is 13.0 Å². The van der Waals surface area contributed by atoms with Crippen molar-refractivity contribution >= 4 is 12.0 Å². The van der Waals surface area contributed by atoms with Crippen LogP contribution in [0.25, 0.3) is 6.08 Å². The van der Waals surface area contributed by atoms with Crippen molar-refractivity contribution in [1.82, 2.24) is 10.3 Å². The summed E-state index contributed by atoms with van der Waals surface area (Å²) < 4.78 is 5.24.